The van der Waals surface area contributed by atoms with E-state index in [1.807, 2.05) is 11.9 Å². The van der Waals surface area contributed by atoms with Crippen molar-refractivity contribution in [1.82, 2.24) is 10.2 Å². The zero-order valence-electron chi connectivity index (χ0n) is 12.1. The molecule has 0 saturated heterocycles. The van der Waals surface area contributed by atoms with E-state index >= 15 is 0 Å². The van der Waals surface area contributed by atoms with Crippen LogP contribution in [-0.2, 0) is 11.3 Å². The van der Waals surface area contributed by atoms with Crippen LogP contribution in [-0.4, -0.2) is 30.9 Å². The Balaban J connectivity index is 1.91. The van der Waals surface area contributed by atoms with Crippen LogP contribution in [0.5, 0.6) is 0 Å². The third-order valence-electron chi connectivity index (χ3n) is 3.63. The molecule has 1 aliphatic carbocycles. The second kappa shape index (κ2) is 7.39. The minimum Gasteiger partial charge on any atom is -0.338 e. The lowest BCUT2D eigenvalue weighted by molar-refractivity contribution is -0.132. The van der Waals surface area contributed by atoms with Crippen molar-refractivity contribution in [3.63, 3.8) is 0 Å². The first-order valence-electron chi connectivity index (χ1n) is 7.36. The Morgan fingerprint density at radius 2 is 2.05 bits per heavy atom. The Hall–Kier alpha value is -1.42. The zero-order chi connectivity index (χ0) is 14.4. The lowest BCUT2D eigenvalue weighted by Crippen LogP contribution is -2.32. The van der Waals surface area contributed by atoms with E-state index < -0.39 is 0 Å². The van der Waals surface area contributed by atoms with Gasteiger partial charge in [-0.15, -0.1) is 0 Å². The van der Waals surface area contributed by atoms with Gasteiger partial charge in [0.15, 0.2) is 0 Å². The minimum absolute atomic E-state index is 0.205. The number of halogens is 1. The molecule has 0 unspecified atom stereocenters. The minimum atomic E-state index is -0.233. The van der Waals surface area contributed by atoms with Crippen LogP contribution in [0.15, 0.2) is 24.3 Å². The highest BCUT2D eigenvalue weighted by molar-refractivity contribution is 5.76. The Kier molecular flexibility index (Phi) is 5.53. The molecule has 1 N–H and O–H groups in total. The normalized spacial score (nSPS) is 14.3. The Morgan fingerprint density at radius 1 is 1.35 bits per heavy atom. The van der Waals surface area contributed by atoms with Gasteiger partial charge < -0.3 is 10.2 Å². The maximum Gasteiger partial charge on any atom is 0.222 e. The van der Waals surface area contributed by atoms with E-state index in [9.17, 15) is 9.18 Å². The molecule has 1 saturated carbocycles. The number of hydrogen-bond acceptors (Lipinski definition) is 2. The van der Waals surface area contributed by atoms with Crippen molar-refractivity contribution in [2.24, 2.45) is 5.92 Å². The molecule has 0 bridgehead atoms. The SMILES string of the molecule is CNCCCC(=O)N(Cc1ccc(F)cc1)CC1CC1. The van der Waals surface area contributed by atoms with Crippen LogP contribution in [0, 0.1) is 11.7 Å². The number of carbonyl (C=O) groups excluding carboxylic acids is 1. The fraction of sp³-hybridized carbons (Fsp3) is 0.562. The summed E-state index contributed by atoms with van der Waals surface area (Å²) in [6.07, 6.45) is 3.89. The molecule has 0 spiro atoms. The smallest absolute Gasteiger partial charge is 0.222 e. The second-order valence-electron chi connectivity index (χ2n) is 5.55. The lowest BCUT2D eigenvalue weighted by Gasteiger charge is -2.23. The average molecular weight is 278 g/mol. The third kappa shape index (κ3) is 4.93. The van der Waals surface area contributed by atoms with Gasteiger partial charge in [0.25, 0.3) is 0 Å². The topological polar surface area (TPSA) is 32.3 Å². The van der Waals surface area contributed by atoms with Crippen LogP contribution < -0.4 is 5.32 Å². The molecule has 1 aromatic carbocycles. The van der Waals surface area contributed by atoms with Gasteiger partial charge in [0, 0.05) is 19.5 Å². The Labute approximate surface area is 120 Å². The molecule has 0 aromatic heterocycles. The summed E-state index contributed by atoms with van der Waals surface area (Å²) in [4.78, 5) is 14.2. The molecule has 1 aliphatic rings. The van der Waals surface area contributed by atoms with Crippen molar-refractivity contribution in [2.75, 3.05) is 20.1 Å². The van der Waals surface area contributed by atoms with E-state index in [0.29, 0.717) is 18.9 Å². The standard InChI is InChI=1S/C16H23FN2O/c1-18-10-2-3-16(20)19(11-13-4-5-13)12-14-6-8-15(17)9-7-14/h6-9,13,18H,2-5,10-12H2,1H3. The molecule has 1 aromatic rings. The summed E-state index contributed by atoms with van der Waals surface area (Å²) in [6.45, 7) is 2.30. The molecule has 4 heteroatoms. The molecule has 1 amide bonds. The largest absolute Gasteiger partial charge is 0.338 e. The maximum atomic E-state index is 12.9. The van der Waals surface area contributed by atoms with Gasteiger partial charge in [0.1, 0.15) is 5.82 Å². The fourth-order valence-corrected chi connectivity index (χ4v) is 2.25. The molecule has 0 radical (unpaired) electrons. The van der Waals surface area contributed by atoms with Crippen molar-refractivity contribution in [1.29, 1.82) is 0 Å². The first-order valence-corrected chi connectivity index (χ1v) is 7.36. The molecule has 0 aliphatic heterocycles. The van der Waals surface area contributed by atoms with Gasteiger partial charge in [-0.3, -0.25) is 4.79 Å². The molecule has 2 rings (SSSR count). The van der Waals surface area contributed by atoms with Gasteiger partial charge in [0.05, 0.1) is 0 Å². The first kappa shape index (κ1) is 15.0. The molecular formula is C16H23FN2O. The molecule has 20 heavy (non-hydrogen) atoms. The number of carbonyl (C=O) groups is 1. The van der Waals surface area contributed by atoms with Crippen LogP contribution in [0.3, 0.4) is 0 Å². The summed E-state index contributed by atoms with van der Waals surface area (Å²) in [5.41, 5.74) is 0.994. The predicted octanol–water partition coefficient (Wildman–Crippen LogP) is 2.56. The van der Waals surface area contributed by atoms with Crippen molar-refractivity contribution in [2.45, 2.75) is 32.2 Å². The number of rotatable bonds is 8. The molecule has 0 heterocycles. The number of amides is 1. The molecular weight excluding hydrogens is 255 g/mol. The molecule has 3 nitrogen and oxygen atoms in total. The number of benzene rings is 1. The average Bonchev–Trinajstić information content (AvgIpc) is 3.24. The molecule has 0 atom stereocenters. The maximum absolute atomic E-state index is 12.9. The Bertz CT molecular complexity index is 429. The zero-order valence-corrected chi connectivity index (χ0v) is 12.1. The van der Waals surface area contributed by atoms with E-state index in [1.165, 1.54) is 25.0 Å². The predicted molar refractivity (Wildman–Crippen MR) is 77.7 cm³/mol. The van der Waals surface area contributed by atoms with Gasteiger partial charge in [-0.25, -0.2) is 4.39 Å². The molecule has 110 valence electrons. The van der Waals surface area contributed by atoms with Crippen molar-refractivity contribution >= 4 is 5.91 Å². The van der Waals surface area contributed by atoms with Crippen molar-refractivity contribution in [3.8, 4) is 0 Å². The summed E-state index contributed by atoms with van der Waals surface area (Å²) in [5, 5.41) is 3.06. The van der Waals surface area contributed by atoms with Crippen molar-refractivity contribution < 1.29 is 9.18 Å². The van der Waals surface area contributed by atoms with Crippen LogP contribution in [0.4, 0.5) is 4.39 Å². The monoisotopic (exact) mass is 278 g/mol. The van der Waals surface area contributed by atoms with E-state index in [2.05, 4.69) is 5.32 Å². The number of hydrogen-bond donors (Lipinski definition) is 1. The summed E-state index contributed by atoms with van der Waals surface area (Å²) >= 11 is 0. The van der Waals surface area contributed by atoms with Crippen LogP contribution in [0.2, 0.25) is 0 Å². The highest BCUT2D eigenvalue weighted by Gasteiger charge is 2.26. The summed E-state index contributed by atoms with van der Waals surface area (Å²) < 4.78 is 12.9. The van der Waals surface area contributed by atoms with Gasteiger partial charge in [0.2, 0.25) is 5.91 Å². The Morgan fingerprint density at radius 3 is 2.65 bits per heavy atom. The highest BCUT2D eigenvalue weighted by Crippen LogP contribution is 2.30. The number of nitrogens with one attached hydrogen (secondary N) is 1. The van der Waals surface area contributed by atoms with E-state index in [4.69, 9.17) is 0 Å². The van der Waals surface area contributed by atoms with Crippen LogP contribution >= 0.6 is 0 Å². The molecule has 1 fully saturated rings. The van der Waals surface area contributed by atoms with E-state index in [1.54, 1.807) is 12.1 Å². The quantitative estimate of drug-likeness (QED) is 0.741. The highest BCUT2D eigenvalue weighted by atomic mass is 19.1. The number of nitrogens with zero attached hydrogens (tertiary/aromatic N) is 1. The summed E-state index contributed by atoms with van der Waals surface area (Å²) in [6, 6.07) is 6.43. The fourth-order valence-electron chi connectivity index (χ4n) is 2.25. The van der Waals surface area contributed by atoms with Crippen LogP contribution in [0.1, 0.15) is 31.2 Å². The van der Waals surface area contributed by atoms with Crippen molar-refractivity contribution in [3.05, 3.63) is 35.6 Å². The van der Waals surface area contributed by atoms with E-state index in [0.717, 1.165) is 25.1 Å². The van der Waals surface area contributed by atoms with Gasteiger partial charge in [-0.05, 0) is 56.5 Å². The first-order chi connectivity index (χ1) is 9.69. The third-order valence-corrected chi connectivity index (χ3v) is 3.63. The second-order valence-corrected chi connectivity index (χ2v) is 5.55. The summed E-state index contributed by atoms with van der Waals surface area (Å²) in [7, 11) is 1.89. The lowest BCUT2D eigenvalue weighted by atomic mass is 10.2. The van der Waals surface area contributed by atoms with Gasteiger partial charge in [-0.1, -0.05) is 12.1 Å². The van der Waals surface area contributed by atoms with E-state index in [-0.39, 0.29) is 11.7 Å². The summed E-state index contributed by atoms with van der Waals surface area (Å²) in [5.74, 6) is 0.642. The van der Waals surface area contributed by atoms with Gasteiger partial charge in [-0.2, -0.15) is 0 Å². The van der Waals surface area contributed by atoms with Gasteiger partial charge >= 0.3 is 0 Å². The van der Waals surface area contributed by atoms with Crippen LogP contribution in [0.25, 0.3) is 0 Å².